The van der Waals surface area contributed by atoms with Crippen LogP contribution in [0.4, 0.5) is 5.69 Å². The Balaban J connectivity index is 1.62. The van der Waals surface area contributed by atoms with Crippen LogP contribution in [0.15, 0.2) is 54.0 Å². The number of aromatic nitrogens is 3. The lowest BCUT2D eigenvalue weighted by molar-refractivity contribution is -0.115. The molecule has 1 aromatic carbocycles. The topological polar surface area (TPSA) is 67.8 Å². The maximum atomic E-state index is 12.3. The number of hydrogen-bond donors (Lipinski definition) is 1. The van der Waals surface area contributed by atoms with Crippen molar-refractivity contribution in [2.75, 3.05) is 5.32 Å². The second kappa shape index (κ2) is 8.18. The Morgan fingerprint density at radius 3 is 2.86 bits per heavy atom. The number of halogens is 1. The molecule has 4 rings (SSSR count). The van der Waals surface area contributed by atoms with E-state index < -0.39 is 0 Å². The SMILES string of the molecule is Cc1nc(-c2cccc(NC(=O)Cc3cccs3)c2)c(-c2ccnc(Cl)n2)s1. The maximum absolute atomic E-state index is 12.3. The van der Waals surface area contributed by atoms with Gasteiger partial charge in [-0.05, 0) is 48.2 Å². The average Bonchev–Trinajstić information content (AvgIpc) is 3.31. The van der Waals surface area contributed by atoms with Gasteiger partial charge in [-0.15, -0.1) is 22.7 Å². The van der Waals surface area contributed by atoms with Gasteiger partial charge < -0.3 is 5.32 Å². The van der Waals surface area contributed by atoms with E-state index in [1.807, 2.05) is 54.8 Å². The number of aryl methyl sites for hydroxylation is 1. The van der Waals surface area contributed by atoms with E-state index in [2.05, 4.69) is 20.3 Å². The van der Waals surface area contributed by atoms with Gasteiger partial charge in [0.25, 0.3) is 0 Å². The Morgan fingerprint density at radius 1 is 1.18 bits per heavy atom. The molecule has 0 bridgehead atoms. The van der Waals surface area contributed by atoms with Crippen LogP contribution in [0.1, 0.15) is 9.88 Å². The Labute approximate surface area is 175 Å². The van der Waals surface area contributed by atoms with Crippen molar-refractivity contribution < 1.29 is 4.79 Å². The number of carbonyl (C=O) groups excluding carboxylic acids is 1. The number of benzene rings is 1. The molecule has 3 heterocycles. The van der Waals surface area contributed by atoms with Crippen molar-refractivity contribution in [2.24, 2.45) is 0 Å². The van der Waals surface area contributed by atoms with Crippen molar-refractivity contribution in [3.8, 4) is 21.8 Å². The molecule has 8 heteroatoms. The van der Waals surface area contributed by atoms with E-state index in [1.54, 1.807) is 28.9 Å². The molecule has 0 saturated heterocycles. The Bertz CT molecular complexity index is 1120. The highest BCUT2D eigenvalue weighted by Crippen LogP contribution is 2.36. The normalized spacial score (nSPS) is 10.8. The van der Waals surface area contributed by atoms with Crippen molar-refractivity contribution >= 4 is 45.9 Å². The lowest BCUT2D eigenvalue weighted by atomic mass is 10.1. The Morgan fingerprint density at radius 2 is 2.07 bits per heavy atom. The number of nitrogens with zero attached hydrogens (tertiary/aromatic N) is 3. The predicted molar refractivity (Wildman–Crippen MR) is 115 cm³/mol. The van der Waals surface area contributed by atoms with Crippen LogP contribution in [-0.2, 0) is 11.2 Å². The number of rotatable bonds is 5. The van der Waals surface area contributed by atoms with Gasteiger partial charge in [0.2, 0.25) is 11.2 Å². The average molecular weight is 427 g/mol. The van der Waals surface area contributed by atoms with E-state index in [1.165, 1.54) is 0 Å². The minimum atomic E-state index is -0.0446. The molecular weight excluding hydrogens is 412 g/mol. The zero-order chi connectivity index (χ0) is 19.5. The zero-order valence-electron chi connectivity index (χ0n) is 14.8. The van der Waals surface area contributed by atoms with Crippen LogP contribution in [-0.4, -0.2) is 20.9 Å². The summed E-state index contributed by atoms with van der Waals surface area (Å²) in [5, 5.41) is 6.05. The molecule has 0 radical (unpaired) electrons. The monoisotopic (exact) mass is 426 g/mol. The first-order valence-electron chi connectivity index (χ1n) is 8.47. The third kappa shape index (κ3) is 4.27. The third-order valence-corrected chi connectivity index (χ3v) is 5.98. The Hall–Kier alpha value is -2.61. The highest BCUT2D eigenvalue weighted by molar-refractivity contribution is 7.15. The summed E-state index contributed by atoms with van der Waals surface area (Å²) in [6.07, 6.45) is 1.99. The fraction of sp³-hybridized carbons (Fsp3) is 0.100. The molecule has 0 spiro atoms. The molecule has 4 aromatic rings. The molecule has 0 aliphatic carbocycles. The fourth-order valence-electron chi connectivity index (χ4n) is 2.78. The highest BCUT2D eigenvalue weighted by atomic mass is 35.5. The third-order valence-electron chi connectivity index (χ3n) is 3.93. The molecule has 3 aromatic heterocycles. The van der Waals surface area contributed by atoms with E-state index >= 15 is 0 Å². The van der Waals surface area contributed by atoms with Crippen LogP contribution in [0.2, 0.25) is 5.28 Å². The van der Waals surface area contributed by atoms with E-state index in [0.29, 0.717) is 6.42 Å². The summed E-state index contributed by atoms with van der Waals surface area (Å²) in [6, 6.07) is 13.4. The van der Waals surface area contributed by atoms with Gasteiger partial charge in [-0.1, -0.05) is 18.2 Å². The molecule has 0 aliphatic heterocycles. The van der Waals surface area contributed by atoms with Crippen LogP contribution in [0.3, 0.4) is 0 Å². The molecule has 0 saturated carbocycles. The standard InChI is InChI=1S/C20H15ClN4OS2/c1-12-23-18(19(28-12)16-7-8-22-20(21)25-16)13-4-2-5-14(10-13)24-17(26)11-15-6-3-9-27-15/h2-10H,11H2,1H3,(H,24,26). The molecule has 5 nitrogen and oxygen atoms in total. The summed E-state index contributed by atoms with van der Waals surface area (Å²) in [7, 11) is 0. The van der Waals surface area contributed by atoms with Crippen molar-refractivity contribution in [1.29, 1.82) is 0 Å². The van der Waals surface area contributed by atoms with Gasteiger partial charge in [-0.3, -0.25) is 4.79 Å². The first kappa shape index (κ1) is 18.7. The van der Waals surface area contributed by atoms with Gasteiger partial charge >= 0.3 is 0 Å². The number of anilines is 1. The van der Waals surface area contributed by atoms with Crippen molar-refractivity contribution in [3.05, 3.63) is 69.2 Å². The largest absolute Gasteiger partial charge is 0.326 e. The van der Waals surface area contributed by atoms with E-state index in [0.717, 1.165) is 37.4 Å². The minimum Gasteiger partial charge on any atom is -0.326 e. The van der Waals surface area contributed by atoms with E-state index in [4.69, 9.17) is 11.6 Å². The molecular formula is C20H15ClN4OS2. The second-order valence-electron chi connectivity index (χ2n) is 6.01. The summed E-state index contributed by atoms with van der Waals surface area (Å²) in [6.45, 7) is 1.95. The van der Waals surface area contributed by atoms with Gasteiger partial charge in [0.1, 0.15) is 0 Å². The lowest BCUT2D eigenvalue weighted by Crippen LogP contribution is -2.13. The van der Waals surface area contributed by atoms with Gasteiger partial charge in [0, 0.05) is 22.3 Å². The van der Waals surface area contributed by atoms with Gasteiger partial charge in [-0.2, -0.15) is 0 Å². The van der Waals surface area contributed by atoms with Crippen molar-refractivity contribution in [2.45, 2.75) is 13.3 Å². The molecule has 1 amide bonds. The summed E-state index contributed by atoms with van der Waals surface area (Å²) in [4.78, 5) is 27.2. The van der Waals surface area contributed by atoms with Crippen LogP contribution in [0.5, 0.6) is 0 Å². The van der Waals surface area contributed by atoms with E-state index in [9.17, 15) is 4.79 Å². The van der Waals surface area contributed by atoms with Crippen molar-refractivity contribution in [1.82, 2.24) is 15.0 Å². The maximum Gasteiger partial charge on any atom is 0.229 e. The summed E-state index contributed by atoms with van der Waals surface area (Å²) < 4.78 is 0. The summed E-state index contributed by atoms with van der Waals surface area (Å²) in [5.74, 6) is -0.0446. The van der Waals surface area contributed by atoms with Crippen LogP contribution < -0.4 is 5.32 Å². The number of carbonyl (C=O) groups is 1. The zero-order valence-corrected chi connectivity index (χ0v) is 17.2. The number of amides is 1. The van der Waals surface area contributed by atoms with Crippen LogP contribution >= 0.6 is 34.3 Å². The molecule has 0 atom stereocenters. The van der Waals surface area contributed by atoms with Gasteiger partial charge in [0.05, 0.1) is 27.7 Å². The number of nitrogens with one attached hydrogen (secondary N) is 1. The molecule has 1 N–H and O–H groups in total. The van der Waals surface area contributed by atoms with Crippen LogP contribution in [0, 0.1) is 6.92 Å². The predicted octanol–water partition coefficient (Wildman–Crippen LogP) is 5.47. The Kier molecular flexibility index (Phi) is 5.47. The molecule has 0 aliphatic rings. The van der Waals surface area contributed by atoms with Crippen LogP contribution in [0.25, 0.3) is 21.8 Å². The van der Waals surface area contributed by atoms with Gasteiger partial charge in [-0.25, -0.2) is 15.0 Å². The quantitative estimate of drug-likeness (QED) is 0.429. The number of thiophene rings is 1. The number of thiazole rings is 1. The van der Waals surface area contributed by atoms with Crippen molar-refractivity contribution in [3.63, 3.8) is 0 Å². The molecule has 0 fully saturated rings. The first-order chi connectivity index (χ1) is 13.6. The molecule has 28 heavy (non-hydrogen) atoms. The van der Waals surface area contributed by atoms with E-state index in [-0.39, 0.29) is 11.2 Å². The first-order valence-corrected chi connectivity index (χ1v) is 10.5. The second-order valence-corrected chi connectivity index (χ2v) is 8.58. The smallest absolute Gasteiger partial charge is 0.229 e. The summed E-state index contributed by atoms with van der Waals surface area (Å²) in [5.41, 5.74) is 3.18. The lowest BCUT2D eigenvalue weighted by Gasteiger charge is -2.07. The van der Waals surface area contributed by atoms with Gasteiger partial charge in [0.15, 0.2) is 0 Å². The minimum absolute atomic E-state index is 0.0446. The molecule has 140 valence electrons. The fourth-order valence-corrected chi connectivity index (χ4v) is 4.54. The highest BCUT2D eigenvalue weighted by Gasteiger charge is 2.16. The number of hydrogen-bond acceptors (Lipinski definition) is 6. The molecule has 0 unspecified atom stereocenters. The summed E-state index contributed by atoms with van der Waals surface area (Å²) >= 11 is 9.08.